The first-order valence-electron chi connectivity index (χ1n) is 7.49. The first kappa shape index (κ1) is 16.2. The fourth-order valence-electron chi connectivity index (χ4n) is 2.35. The molecule has 0 aliphatic heterocycles. The molecule has 1 amide bonds. The number of nitrogens with zero attached hydrogens (tertiary/aromatic N) is 2. The molecule has 0 saturated heterocycles. The van der Waals surface area contributed by atoms with Crippen LogP contribution in [0.4, 0.5) is 0 Å². The van der Waals surface area contributed by atoms with E-state index in [2.05, 4.69) is 15.5 Å². The van der Waals surface area contributed by atoms with Crippen molar-refractivity contribution in [3.8, 4) is 16.3 Å². The highest BCUT2D eigenvalue weighted by Crippen LogP contribution is 2.29. The molecule has 0 fully saturated rings. The Morgan fingerprint density at radius 3 is 2.71 bits per heavy atom. The van der Waals surface area contributed by atoms with Crippen LogP contribution in [0.5, 0.6) is 5.75 Å². The molecular weight excluding hydrogens is 326 g/mol. The number of hydrogen-bond donors (Lipinski definition) is 2. The molecule has 1 aromatic carbocycles. The van der Waals surface area contributed by atoms with E-state index in [1.807, 2.05) is 26.0 Å². The molecule has 0 spiro atoms. The van der Waals surface area contributed by atoms with E-state index in [0.29, 0.717) is 24.4 Å². The summed E-state index contributed by atoms with van der Waals surface area (Å²) in [6.07, 6.45) is 0.687. The summed E-state index contributed by atoms with van der Waals surface area (Å²) in [5.74, 6) is 0.723. The molecule has 0 bridgehead atoms. The predicted molar refractivity (Wildman–Crippen MR) is 91.2 cm³/mol. The number of aromatic hydroxyl groups is 1. The Morgan fingerprint density at radius 2 is 2.04 bits per heavy atom. The van der Waals surface area contributed by atoms with Gasteiger partial charge in [0.1, 0.15) is 22.2 Å². The topological polar surface area (TPSA) is 88.2 Å². The Morgan fingerprint density at radius 1 is 1.29 bits per heavy atom. The zero-order valence-electron chi connectivity index (χ0n) is 13.4. The third kappa shape index (κ3) is 3.46. The van der Waals surface area contributed by atoms with Crippen LogP contribution in [0.25, 0.3) is 10.6 Å². The summed E-state index contributed by atoms with van der Waals surface area (Å²) in [5, 5.41) is 18.5. The van der Waals surface area contributed by atoms with Crippen LogP contribution in [0.15, 0.2) is 34.2 Å². The average Bonchev–Trinajstić information content (AvgIpc) is 3.16. The molecule has 0 aliphatic carbocycles. The van der Waals surface area contributed by atoms with Crippen molar-refractivity contribution in [2.75, 3.05) is 6.54 Å². The Hall–Kier alpha value is -2.67. The van der Waals surface area contributed by atoms with Gasteiger partial charge in [0.2, 0.25) is 0 Å². The van der Waals surface area contributed by atoms with Gasteiger partial charge in [0.05, 0.1) is 11.3 Å². The molecule has 124 valence electrons. The number of carbonyl (C=O) groups excluding carboxylic acids is 1. The van der Waals surface area contributed by atoms with Crippen LogP contribution in [0.1, 0.15) is 27.5 Å². The number of nitrogens with one attached hydrogen (secondary N) is 1. The number of thiazole rings is 1. The largest absolute Gasteiger partial charge is 0.508 e. The van der Waals surface area contributed by atoms with Crippen molar-refractivity contribution in [3.63, 3.8) is 0 Å². The minimum absolute atomic E-state index is 0.206. The summed E-state index contributed by atoms with van der Waals surface area (Å²) >= 11 is 1.40. The fourth-order valence-corrected chi connectivity index (χ4v) is 3.30. The van der Waals surface area contributed by atoms with Crippen molar-refractivity contribution < 1.29 is 14.4 Å². The fraction of sp³-hybridized carbons (Fsp3) is 0.235. The highest BCUT2D eigenvalue weighted by Gasteiger charge is 2.17. The molecular formula is C17H17N3O3S. The van der Waals surface area contributed by atoms with E-state index in [9.17, 15) is 9.90 Å². The Bertz CT molecular complexity index is 833. The van der Waals surface area contributed by atoms with Crippen LogP contribution >= 0.6 is 11.3 Å². The van der Waals surface area contributed by atoms with E-state index >= 15 is 0 Å². The molecule has 0 aliphatic rings. The maximum absolute atomic E-state index is 12.2. The second kappa shape index (κ2) is 6.84. The molecule has 3 rings (SSSR count). The van der Waals surface area contributed by atoms with Gasteiger partial charge < -0.3 is 14.9 Å². The minimum atomic E-state index is -0.206. The van der Waals surface area contributed by atoms with Crippen LogP contribution in [0.2, 0.25) is 0 Å². The third-order valence-corrected chi connectivity index (χ3v) is 4.48. The van der Waals surface area contributed by atoms with Crippen molar-refractivity contribution in [2.45, 2.75) is 20.3 Å². The van der Waals surface area contributed by atoms with Crippen LogP contribution in [0, 0.1) is 13.8 Å². The van der Waals surface area contributed by atoms with E-state index in [1.165, 1.54) is 11.3 Å². The molecule has 0 atom stereocenters. The summed E-state index contributed by atoms with van der Waals surface area (Å²) in [6.45, 7) is 4.18. The molecule has 0 saturated carbocycles. The van der Waals surface area contributed by atoms with Crippen LogP contribution < -0.4 is 5.32 Å². The first-order valence-corrected chi connectivity index (χ1v) is 8.37. The quantitative estimate of drug-likeness (QED) is 0.743. The van der Waals surface area contributed by atoms with Crippen LogP contribution in [-0.4, -0.2) is 27.7 Å². The van der Waals surface area contributed by atoms with E-state index in [4.69, 9.17) is 4.52 Å². The van der Waals surface area contributed by atoms with E-state index in [1.54, 1.807) is 17.5 Å². The van der Waals surface area contributed by atoms with Gasteiger partial charge in [-0.2, -0.15) is 0 Å². The second-order valence-electron chi connectivity index (χ2n) is 5.41. The van der Waals surface area contributed by atoms with Gasteiger partial charge in [-0.3, -0.25) is 4.79 Å². The average molecular weight is 343 g/mol. The number of aryl methyl sites for hydroxylation is 2. The van der Waals surface area contributed by atoms with E-state index in [0.717, 1.165) is 21.8 Å². The molecule has 7 heteroatoms. The van der Waals surface area contributed by atoms with Crippen molar-refractivity contribution in [2.24, 2.45) is 0 Å². The van der Waals surface area contributed by atoms with Gasteiger partial charge in [-0.1, -0.05) is 17.3 Å². The number of hydrogen-bond acceptors (Lipinski definition) is 6. The molecule has 2 aromatic heterocycles. The van der Waals surface area contributed by atoms with Crippen molar-refractivity contribution in [1.82, 2.24) is 15.5 Å². The van der Waals surface area contributed by atoms with E-state index < -0.39 is 0 Å². The van der Waals surface area contributed by atoms with Crippen molar-refractivity contribution >= 4 is 17.2 Å². The lowest BCUT2D eigenvalue weighted by molar-refractivity contribution is 0.0950. The molecule has 3 aromatic rings. The Labute approximate surface area is 143 Å². The number of phenolic OH excluding ortho intramolecular Hbond substituents is 1. The van der Waals surface area contributed by atoms with Crippen LogP contribution in [-0.2, 0) is 6.42 Å². The normalized spacial score (nSPS) is 10.8. The summed E-state index contributed by atoms with van der Waals surface area (Å²) in [6, 6.07) is 6.93. The number of amides is 1. The van der Waals surface area contributed by atoms with Crippen molar-refractivity contribution in [1.29, 1.82) is 0 Å². The summed E-state index contributed by atoms with van der Waals surface area (Å²) in [5.41, 5.74) is 3.05. The Balaban J connectivity index is 1.61. The van der Waals surface area contributed by atoms with Gasteiger partial charge >= 0.3 is 0 Å². The molecule has 6 nitrogen and oxygen atoms in total. The maximum atomic E-state index is 12.2. The number of benzene rings is 1. The number of aromatic nitrogens is 2. The van der Waals surface area contributed by atoms with Gasteiger partial charge in [0.15, 0.2) is 0 Å². The summed E-state index contributed by atoms with van der Waals surface area (Å²) in [4.78, 5) is 16.6. The SMILES string of the molecule is Cc1noc(C)c1-c1nc(C(=O)NCCc2ccc(O)cc2)cs1. The predicted octanol–water partition coefficient (Wildman–Crippen LogP) is 3.09. The van der Waals surface area contributed by atoms with Gasteiger partial charge in [0, 0.05) is 11.9 Å². The number of rotatable bonds is 5. The lowest BCUT2D eigenvalue weighted by atomic mass is 10.1. The van der Waals surface area contributed by atoms with Gasteiger partial charge in [-0.25, -0.2) is 4.98 Å². The molecule has 0 unspecified atom stereocenters. The zero-order valence-corrected chi connectivity index (χ0v) is 14.2. The smallest absolute Gasteiger partial charge is 0.270 e. The van der Waals surface area contributed by atoms with Gasteiger partial charge in [-0.15, -0.1) is 11.3 Å². The van der Waals surface area contributed by atoms with E-state index in [-0.39, 0.29) is 11.7 Å². The van der Waals surface area contributed by atoms with Crippen molar-refractivity contribution in [3.05, 3.63) is 52.4 Å². The lowest BCUT2D eigenvalue weighted by Gasteiger charge is -2.03. The summed E-state index contributed by atoms with van der Waals surface area (Å²) in [7, 11) is 0. The highest BCUT2D eigenvalue weighted by molar-refractivity contribution is 7.13. The molecule has 24 heavy (non-hydrogen) atoms. The number of phenols is 1. The zero-order chi connectivity index (χ0) is 17.1. The minimum Gasteiger partial charge on any atom is -0.508 e. The van der Waals surface area contributed by atoms with Gasteiger partial charge in [0.25, 0.3) is 5.91 Å². The first-order chi connectivity index (χ1) is 11.5. The third-order valence-electron chi connectivity index (χ3n) is 3.62. The molecule has 2 N–H and O–H groups in total. The lowest BCUT2D eigenvalue weighted by Crippen LogP contribution is -2.25. The standard InChI is InChI=1S/C17H17N3O3S/c1-10-15(11(2)23-20-10)17-19-14(9-24-17)16(22)18-8-7-12-3-5-13(21)6-4-12/h3-6,9,21H,7-8H2,1-2H3,(H,18,22). The highest BCUT2D eigenvalue weighted by atomic mass is 32.1. The number of carbonyl (C=O) groups is 1. The van der Waals surface area contributed by atoms with Crippen LogP contribution in [0.3, 0.4) is 0 Å². The monoisotopic (exact) mass is 343 g/mol. The summed E-state index contributed by atoms with van der Waals surface area (Å²) < 4.78 is 5.14. The van der Waals surface area contributed by atoms with Gasteiger partial charge in [-0.05, 0) is 38.0 Å². The second-order valence-corrected chi connectivity index (χ2v) is 6.27. The molecule has 0 radical (unpaired) electrons. The maximum Gasteiger partial charge on any atom is 0.270 e. The molecule has 2 heterocycles. The Kier molecular flexibility index (Phi) is 4.61.